The fourth-order valence-corrected chi connectivity index (χ4v) is 5.46. The van der Waals surface area contributed by atoms with Crippen molar-refractivity contribution in [2.75, 3.05) is 19.6 Å². The maximum Gasteiger partial charge on any atom is 0.262 e. The standard InChI is InChI=1S/C20H28N4O2S/c25-17(22-10-7-14-4-3-9-21-12-14)8-11-24-13-23-19-18(20(24)26)15-5-1-2-6-16(15)27-19/h13-14,21H,1-12H2,(H,22,25). The number of fused-ring (bicyclic) bond motifs is 3. The summed E-state index contributed by atoms with van der Waals surface area (Å²) >= 11 is 1.66. The van der Waals surface area contributed by atoms with Crippen molar-refractivity contribution in [2.45, 2.75) is 57.9 Å². The van der Waals surface area contributed by atoms with Gasteiger partial charge >= 0.3 is 0 Å². The summed E-state index contributed by atoms with van der Waals surface area (Å²) in [7, 11) is 0. The molecule has 0 bridgehead atoms. The van der Waals surface area contributed by atoms with Crippen molar-refractivity contribution < 1.29 is 4.79 Å². The van der Waals surface area contributed by atoms with E-state index in [4.69, 9.17) is 0 Å². The number of carbonyl (C=O) groups is 1. The number of hydrogen-bond acceptors (Lipinski definition) is 5. The number of amides is 1. The molecule has 2 aromatic heterocycles. The molecule has 1 saturated heterocycles. The van der Waals surface area contributed by atoms with Crippen LogP contribution < -0.4 is 16.2 Å². The number of rotatable bonds is 6. The summed E-state index contributed by atoms with van der Waals surface area (Å²) in [5, 5.41) is 7.20. The molecule has 146 valence electrons. The zero-order chi connectivity index (χ0) is 18.6. The zero-order valence-electron chi connectivity index (χ0n) is 15.8. The second-order valence-corrected chi connectivity index (χ2v) is 8.82. The van der Waals surface area contributed by atoms with Gasteiger partial charge in [0, 0.05) is 24.4 Å². The van der Waals surface area contributed by atoms with Gasteiger partial charge in [0.2, 0.25) is 5.91 Å². The Labute approximate surface area is 163 Å². The molecule has 1 atom stereocenters. The van der Waals surface area contributed by atoms with E-state index in [2.05, 4.69) is 15.6 Å². The lowest BCUT2D eigenvalue weighted by molar-refractivity contribution is -0.121. The predicted octanol–water partition coefficient (Wildman–Crippen LogP) is 2.23. The maximum absolute atomic E-state index is 12.9. The summed E-state index contributed by atoms with van der Waals surface area (Å²) in [6.07, 6.45) is 9.81. The van der Waals surface area contributed by atoms with Crippen LogP contribution in [0.25, 0.3) is 10.2 Å². The average molecular weight is 389 g/mol. The molecule has 4 rings (SSSR count). The molecule has 1 aliphatic carbocycles. The highest BCUT2D eigenvalue weighted by atomic mass is 32.1. The first-order chi connectivity index (χ1) is 13.2. The SMILES string of the molecule is O=C(CCn1cnc2sc3c(c2c1=O)CCCC3)NCCC1CCCNC1. The quantitative estimate of drug-likeness (QED) is 0.796. The van der Waals surface area contributed by atoms with Crippen molar-refractivity contribution in [1.82, 2.24) is 20.2 Å². The molecule has 0 spiro atoms. The molecule has 0 aromatic carbocycles. The van der Waals surface area contributed by atoms with Crippen molar-refractivity contribution in [2.24, 2.45) is 5.92 Å². The summed E-state index contributed by atoms with van der Waals surface area (Å²) < 4.78 is 1.61. The Morgan fingerprint density at radius 3 is 3.07 bits per heavy atom. The van der Waals surface area contributed by atoms with Crippen LogP contribution in [0.3, 0.4) is 0 Å². The van der Waals surface area contributed by atoms with E-state index in [9.17, 15) is 9.59 Å². The molecule has 6 nitrogen and oxygen atoms in total. The first-order valence-corrected chi connectivity index (χ1v) is 11.0. The number of piperidine rings is 1. The molecule has 2 N–H and O–H groups in total. The third-order valence-electron chi connectivity index (χ3n) is 5.80. The van der Waals surface area contributed by atoms with Gasteiger partial charge in [0.25, 0.3) is 5.56 Å². The topological polar surface area (TPSA) is 76.0 Å². The molecule has 2 aliphatic rings. The van der Waals surface area contributed by atoms with Gasteiger partial charge < -0.3 is 10.6 Å². The van der Waals surface area contributed by atoms with Crippen LogP contribution in [0.1, 0.15) is 49.0 Å². The number of nitrogens with one attached hydrogen (secondary N) is 2. The molecule has 1 unspecified atom stereocenters. The van der Waals surface area contributed by atoms with Crippen LogP contribution >= 0.6 is 11.3 Å². The first-order valence-electron chi connectivity index (χ1n) is 10.2. The van der Waals surface area contributed by atoms with E-state index in [-0.39, 0.29) is 11.5 Å². The van der Waals surface area contributed by atoms with Gasteiger partial charge in [0.05, 0.1) is 11.7 Å². The van der Waals surface area contributed by atoms with Gasteiger partial charge in [0.1, 0.15) is 4.83 Å². The van der Waals surface area contributed by atoms with E-state index >= 15 is 0 Å². The van der Waals surface area contributed by atoms with Crippen LogP contribution in [0.15, 0.2) is 11.1 Å². The second kappa shape index (κ2) is 8.52. The number of carbonyl (C=O) groups excluding carboxylic acids is 1. The van der Waals surface area contributed by atoms with Crippen LogP contribution in [0.2, 0.25) is 0 Å². The Morgan fingerprint density at radius 2 is 2.22 bits per heavy atom. The van der Waals surface area contributed by atoms with Crippen molar-refractivity contribution in [3.05, 3.63) is 27.1 Å². The summed E-state index contributed by atoms with van der Waals surface area (Å²) in [6.45, 7) is 3.28. The Morgan fingerprint density at radius 1 is 1.33 bits per heavy atom. The Bertz CT molecular complexity index is 867. The molecule has 27 heavy (non-hydrogen) atoms. The molecule has 2 aromatic rings. The average Bonchev–Trinajstić information content (AvgIpc) is 3.07. The highest BCUT2D eigenvalue weighted by molar-refractivity contribution is 7.18. The first kappa shape index (κ1) is 18.6. The van der Waals surface area contributed by atoms with E-state index in [0.717, 1.165) is 55.5 Å². The molecule has 0 saturated carbocycles. The van der Waals surface area contributed by atoms with E-state index in [1.807, 2.05) is 0 Å². The van der Waals surface area contributed by atoms with Crippen LogP contribution in [-0.4, -0.2) is 35.1 Å². The minimum Gasteiger partial charge on any atom is -0.356 e. The highest BCUT2D eigenvalue weighted by Crippen LogP contribution is 2.33. The van der Waals surface area contributed by atoms with Crippen LogP contribution in [0, 0.1) is 5.92 Å². The second-order valence-electron chi connectivity index (χ2n) is 7.74. The maximum atomic E-state index is 12.9. The molecule has 1 aliphatic heterocycles. The fraction of sp³-hybridized carbons (Fsp3) is 0.650. The van der Waals surface area contributed by atoms with Gasteiger partial charge in [-0.3, -0.25) is 14.2 Å². The van der Waals surface area contributed by atoms with Crippen molar-refractivity contribution in [3.63, 3.8) is 0 Å². The van der Waals surface area contributed by atoms with Gasteiger partial charge in [-0.05, 0) is 69.5 Å². The van der Waals surface area contributed by atoms with Crippen LogP contribution in [0.4, 0.5) is 0 Å². The van der Waals surface area contributed by atoms with E-state index in [1.165, 1.54) is 29.7 Å². The molecule has 0 radical (unpaired) electrons. The van der Waals surface area contributed by atoms with Crippen molar-refractivity contribution in [1.29, 1.82) is 0 Å². The minimum atomic E-state index is 0.0121. The molecule has 3 heterocycles. The molecule has 1 amide bonds. The summed E-state index contributed by atoms with van der Waals surface area (Å²) in [4.78, 5) is 31.7. The molecule has 1 fully saturated rings. The number of nitrogens with zero attached hydrogens (tertiary/aromatic N) is 2. The minimum absolute atomic E-state index is 0.0121. The van der Waals surface area contributed by atoms with E-state index < -0.39 is 0 Å². The number of thiophene rings is 1. The van der Waals surface area contributed by atoms with Crippen molar-refractivity contribution >= 4 is 27.5 Å². The lowest BCUT2D eigenvalue weighted by atomic mass is 9.96. The zero-order valence-corrected chi connectivity index (χ0v) is 16.6. The third-order valence-corrected chi connectivity index (χ3v) is 7.00. The van der Waals surface area contributed by atoms with Gasteiger partial charge in [-0.2, -0.15) is 0 Å². The predicted molar refractivity (Wildman–Crippen MR) is 108 cm³/mol. The third kappa shape index (κ3) is 4.24. The summed E-state index contributed by atoms with van der Waals surface area (Å²) in [5.41, 5.74) is 1.22. The molecular weight excluding hydrogens is 360 g/mol. The van der Waals surface area contributed by atoms with Crippen LogP contribution in [-0.2, 0) is 24.2 Å². The summed E-state index contributed by atoms with van der Waals surface area (Å²) in [5.74, 6) is 0.677. The number of aryl methyl sites for hydroxylation is 3. The van der Waals surface area contributed by atoms with E-state index in [1.54, 1.807) is 22.2 Å². The number of aromatic nitrogens is 2. The Hall–Kier alpha value is -1.73. The molecule has 7 heteroatoms. The summed E-state index contributed by atoms with van der Waals surface area (Å²) in [6, 6.07) is 0. The van der Waals surface area contributed by atoms with Gasteiger partial charge in [0.15, 0.2) is 0 Å². The van der Waals surface area contributed by atoms with Gasteiger partial charge in [-0.1, -0.05) is 0 Å². The molecular formula is C20H28N4O2S. The monoisotopic (exact) mass is 388 g/mol. The largest absolute Gasteiger partial charge is 0.356 e. The van der Waals surface area contributed by atoms with Crippen LogP contribution in [0.5, 0.6) is 0 Å². The van der Waals surface area contributed by atoms with Gasteiger partial charge in [-0.25, -0.2) is 4.98 Å². The number of hydrogen-bond donors (Lipinski definition) is 2. The highest BCUT2D eigenvalue weighted by Gasteiger charge is 2.20. The normalized spacial score (nSPS) is 19.8. The Balaban J connectivity index is 1.34. The lowest BCUT2D eigenvalue weighted by Crippen LogP contribution is -2.33. The van der Waals surface area contributed by atoms with E-state index in [0.29, 0.717) is 18.9 Å². The smallest absolute Gasteiger partial charge is 0.262 e. The van der Waals surface area contributed by atoms with Crippen molar-refractivity contribution in [3.8, 4) is 0 Å². The van der Waals surface area contributed by atoms with Gasteiger partial charge in [-0.15, -0.1) is 11.3 Å². The Kier molecular flexibility index (Phi) is 5.88. The fourth-order valence-electron chi connectivity index (χ4n) is 4.24. The lowest BCUT2D eigenvalue weighted by Gasteiger charge is -2.22.